The van der Waals surface area contributed by atoms with Gasteiger partial charge >= 0.3 is 0 Å². The maximum Gasteiger partial charge on any atom is 0.0462 e. The summed E-state index contributed by atoms with van der Waals surface area (Å²) in [6, 6.07) is 47.9. The third-order valence-electron chi connectivity index (χ3n) is 7.51. The van der Waals surface area contributed by atoms with Crippen molar-refractivity contribution in [2.45, 2.75) is 20.3 Å². The summed E-state index contributed by atoms with van der Waals surface area (Å²) in [4.78, 5) is 2.31. The zero-order valence-corrected chi connectivity index (χ0v) is 23.1. The minimum absolute atomic E-state index is 1.01. The first kappa shape index (κ1) is 25.4. The summed E-state index contributed by atoms with van der Waals surface area (Å²) < 4.78 is 0. The monoisotopic (exact) mass is 515 g/mol. The molecule has 0 unspecified atom stereocenters. The fraction of sp³-hybridized carbons (Fsp3) is 0.0769. The van der Waals surface area contributed by atoms with Crippen LogP contribution >= 0.6 is 0 Å². The SMILES string of the molecule is C/C=C(\C=C/CC)c1c2ccccc2c(-c2ccc(N(c3ccccc3)c3ccccc3)cc2)c2ccccc12. The molecule has 0 spiro atoms. The summed E-state index contributed by atoms with van der Waals surface area (Å²) in [7, 11) is 0. The van der Waals surface area contributed by atoms with Crippen LogP contribution in [0.25, 0.3) is 38.2 Å². The second-order valence-corrected chi connectivity index (χ2v) is 9.95. The summed E-state index contributed by atoms with van der Waals surface area (Å²) in [5, 5.41) is 5.11. The van der Waals surface area contributed by atoms with E-state index in [0.29, 0.717) is 0 Å². The number of benzene rings is 6. The van der Waals surface area contributed by atoms with Crippen molar-refractivity contribution in [2.75, 3.05) is 4.90 Å². The predicted octanol–water partition coefficient (Wildman–Crippen LogP) is 11.5. The highest BCUT2D eigenvalue weighted by Gasteiger charge is 2.17. The van der Waals surface area contributed by atoms with Gasteiger partial charge in [-0.2, -0.15) is 0 Å². The van der Waals surface area contributed by atoms with E-state index in [4.69, 9.17) is 0 Å². The van der Waals surface area contributed by atoms with Crippen LogP contribution in [0.5, 0.6) is 0 Å². The van der Waals surface area contributed by atoms with Crippen molar-refractivity contribution in [1.29, 1.82) is 0 Å². The van der Waals surface area contributed by atoms with Gasteiger partial charge in [-0.05, 0) is 93.6 Å². The van der Waals surface area contributed by atoms with Gasteiger partial charge in [-0.1, -0.05) is 122 Å². The zero-order chi connectivity index (χ0) is 27.3. The first-order valence-electron chi connectivity index (χ1n) is 14.1. The minimum atomic E-state index is 1.01. The number of nitrogens with zero attached hydrogens (tertiary/aromatic N) is 1. The first-order chi connectivity index (χ1) is 19.8. The molecule has 40 heavy (non-hydrogen) atoms. The fourth-order valence-corrected chi connectivity index (χ4v) is 5.70. The number of anilines is 3. The Morgan fingerprint density at radius 3 is 1.48 bits per heavy atom. The summed E-state index contributed by atoms with van der Waals surface area (Å²) >= 11 is 0. The summed E-state index contributed by atoms with van der Waals surface area (Å²) in [6.45, 7) is 4.32. The average molecular weight is 516 g/mol. The van der Waals surface area contributed by atoms with E-state index in [1.54, 1.807) is 0 Å². The Labute approximate surface area is 237 Å². The minimum Gasteiger partial charge on any atom is -0.311 e. The van der Waals surface area contributed by atoms with Crippen LogP contribution in [0.2, 0.25) is 0 Å². The molecule has 0 atom stereocenters. The molecular weight excluding hydrogens is 482 g/mol. The van der Waals surface area contributed by atoms with E-state index in [0.717, 1.165) is 23.5 Å². The Morgan fingerprint density at radius 2 is 1.00 bits per heavy atom. The number of hydrogen-bond acceptors (Lipinski definition) is 1. The van der Waals surface area contributed by atoms with E-state index < -0.39 is 0 Å². The number of hydrogen-bond donors (Lipinski definition) is 0. The lowest BCUT2D eigenvalue weighted by molar-refractivity contribution is 1.22. The molecule has 1 nitrogen and oxygen atoms in total. The molecule has 0 aliphatic heterocycles. The van der Waals surface area contributed by atoms with Crippen molar-refractivity contribution in [3.8, 4) is 11.1 Å². The lowest BCUT2D eigenvalue weighted by Gasteiger charge is -2.25. The molecule has 0 saturated heterocycles. The van der Waals surface area contributed by atoms with Gasteiger partial charge in [-0.15, -0.1) is 0 Å². The highest BCUT2D eigenvalue weighted by molar-refractivity contribution is 6.19. The number of para-hydroxylation sites is 2. The molecule has 194 valence electrons. The zero-order valence-electron chi connectivity index (χ0n) is 23.1. The van der Waals surface area contributed by atoms with Crippen LogP contribution in [0, 0.1) is 0 Å². The molecule has 6 aromatic carbocycles. The maximum atomic E-state index is 2.31. The van der Waals surface area contributed by atoms with Crippen molar-refractivity contribution in [3.63, 3.8) is 0 Å². The molecule has 6 aromatic rings. The van der Waals surface area contributed by atoms with Crippen molar-refractivity contribution in [2.24, 2.45) is 0 Å². The van der Waals surface area contributed by atoms with Crippen LogP contribution in [-0.2, 0) is 0 Å². The van der Waals surface area contributed by atoms with Crippen LogP contribution in [0.1, 0.15) is 25.8 Å². The average Bonchev–Trinajstić information content (AvgIpc) is 3.02. The Balaban J connectivity index is 1.55. The van der Waals surface area contributed by atoms with Crippen LogP contribution in [0.15, 0.2) is 152 Å². The van der Waals surface area contributed by atoms with Gasteiger partial charge in [0.2, 0.25) is 0 Å². The van der Waals surface area contributed by atoms with Gasteiger partial charge in [0.15, 0.2) is 0 Å². The molecule has 1 heteroatoms. The molecule has 0 fully saturated rings. The third-order valence-corrected chi connectivity index (χ3v) is 7.51. The molecule has 0 amide bonds. The van der Waals surface area contributed by atoms with Crippen molar-refractivity contribution >= 4 is 44.2 Å². The van der Waals surface area contributed by atoms with E-state index >= 15 is 0 Å². The van der Waals surface area contributed by atoms with E-state index in [2.05, 4.69) is 170 Å². The van der Waals surface area contributed by atoms with Gasteiger partial charge in [0.1, 0.15) is 0 Å². The van der Waals surface area contributed by atoms with E-state index in [1.807, 2.05) is 0 Å². The molecule has 0 saturated carbocycles. The standard InChI is InChI=1S/C39H33N/c1-3-5-16-29(4-2)38-34-21-12-14-23-36(34)39(37-24-15-13-22-35(37)38)30-25-27-33(28-26-30)40(31-17-8-6-9-18-31)32-19-10-7-11-20-32/h4-28H,3H2,1-2H3/b16-5-,29-4+. The summed E-state index contributed by atoms with van der Waals surface area (Å²) in [6.07, 6.45) is 7.76. The molecule has 0 N–H and O–H groups in total. The lowest BCUT2D eigenvalue weighted by atomic mass is 9.85. The smallest absolute Gasteiger partial charge is 0.0462 e. The summed E-state index contributed by atoms with van der Waals surface area (Å²) in [5.41, 5.74) is 8.47. The molecule has 6 rings (SSSR count). The van der Waals surface area contributed by atoms with Gasteiger partial charge in [0, 0.05) is 17.1 Å². The highest BCUT2D eigenvalue weighted by Crippen LogP contribution is 2.43. The topological polar surface area (TPSA) is 3.24 Å². The fourth-order valence-electron chi connectivity index (χ4n) is 5.70. The molecule has 0 radical (unpaired) electrons. The third kappa shape index (κ3) is 4.72. The second-order valence-electron chi connectivity index (χ2n) is 9.95. The molecule has 0 heterocycles. The number of allylic oxidation sites excluding steroid dienone is 4. The van der Waals surface area contributed by atoms with E-state index in [-0.39, 0.29) is 0 Å². The predicted molar refractivity (Wildman–Crippen MR) is 175 cm³/mol. The van der Waals surface area contributed by atoms with Crippen LogP contribution < -0.4 is 4.90 Å². The van der Waals surface area contributed by atoms with E-state index in [1.165, 1.54) is 43.8 Å². The highest BCUT2D eigenvalue weighted by atomic mass is 15.1. The van der Waals surface area contributed by atoms with Crippen molar-refractivity contribution in [3.05, 3.63) is 157 Å². The van der Waals surface area contributed by atoms with Gasteiger partial charge in [0.25, 0.3) is 0 Å². The molecule has 0 aromatic heterocycles. The van der Waals surface area contributed by atoms with E-state index in [9.17, 15) is 0 Å². The molecule has 0 aliphatic carbocycles. The normalized spacial score (nSPS) is 11.9. The quantitative estimate of drug-likeness (QED) is 0.151. The Hall–Kier alpha value is -4.88. The Kier molecular flexibility index (Phi) is 7.28. The Morgan fingerprint density at radius 1 is 0.550 bits per heavy atom. The van der Waals surface area contributed by atoms with Crippen LogP contribution in [0.3, 0.4) is 0 Å². The van der Waals surface area contributed by atoms with Gasteiger partial charge in [-0.25, -0.2) is 0 Å². The molecular formula is C39H33N. The van der Waals surface area contributed by atoms with Crippen molar-refractivity contribution < 1.29 is 0 Å². The largest absolute Gasteiger partial charge is 0.311 e. The maximum absolute atomic E-state index is 2.31. The van der Waals surface area contributed by atoms with Crippen LogP contribution in [-0.4, -0.2) is 0 Å². The van der Waals surface area contributed by atoms with Gasteiger partial charge in [0.05, 0.1) is 0 Å². The first-order valence-corrected chi connectivity index (χ1v) is 14.1. The Bertz CT molecular complexity index is 1710. The summed E-state index contributed by atoms with van der Waals surface area (Å²) in [5.74, 6) is 0. The van der Waals surface area contributed by atoms with Gasteiger partial charge in [-0.3, -0.25) is 0 Å². The molecule has 0 bridgehead atoms. The van der Waals surface area contributed by atoms with Crippen LogP contribution in [0.4, 0.5) is 17.1 Å². The number of fused-ring (bicyclic) bond motifs is 2. The molecule has 0 aliphatic rings. The van der Waals surface area contributed by atoms with Crippen molar-refractivity contribution in [1.82, 2.24) is 0 Å². The second kappa shape index (κ2) is 11.5. The lowest BCUT2D eigenvalue weighted by Crippen LogP contribution is -2.09. The number of rotatable bonds is 7. The van der Waals surface area contributed by atoms with Gasteiger partial charge < -0.3 is 4.90 Å².